The van der Waals surface area contributed by atoms with Gasteiger partial charge in [-0.3, -0.25) is 0 Å². The quantitative estimate of drug-likeness (QED) is 0.177. The Morgan fingerprint density at radius 3 is 2.11 bits per heavy atom. The summed E-state index contributed by atoms with van der Waals surface area (Å²) < 4.78 is 18.9. The third-order valence-corrected chi connectivity index (χ3v) is 7.04. The van der Waals surface area contributed by atoms with Crippen LogP contribution in [0.1, 0.15) is 58.3 Å². The zero-order valence-electron chi connectivity index (χ0n) is 21.8. The minimum Gasteiger partial charge on any atom is -0.494 e. The highest BCUT2D eigenvalue weighted by Crippen LogP contribution is 2.34. The van der Waals surface area contributed by atoms with Crippen LogP contribution in [0.25, 0.3) is 10.2 Å². The largest absolute Gasteiger partial charge is 0.494 e. The Morgan fingerprint density at radius 1 is 0.703 bits per heavy atom. The zero-order valence-corrected chi connectivity index (χ0v) is 22.6. The lowest BCUT2D eigenvalue weighted by Gasteiger charge is -2.15. The minimum absolute atomic E-state index is 0.593. The Hall–Kier alpha value is -3.25. The van der Waals surface area contributed by atoms with Gasteiger partial charge in [-0.15, -0.1) is 0 Å². The summed E-state index contributed by atoms with van der Waals surface area (Å²) in [7, 11) is 0. The van der Waals surface area contributed by atoms with Gasteiger partial charge in [0.2, 0.25) is 0 Å². The van der Waals surface area contributed by atoms with Crippen LogP contribution in [0.15, 0.2) is 79.2 Å². The van der Waals surface area contributed by atoms with Crippen LogP contribution in [0.5, 0.6) is 22.4 Å². The van der Waals surface area contributed by atoms with Crippen LogP contribution in [0.3, 0.4) is 0 Å². The van der Waals surface area contributed by atoms with Gasteiger partial charge >= 0.3 is 0 Å². The predicted molar refractivity (Wildman–Crippen MR) is 154 cm³/mol. The average molecular weight is 519 g/mol. The predicted octanol–water partition coefficient (Wildman–Crippen LogP) is 8.89. The summed E-state index contributed by atoms with van der Waals surface area (Å²) in [4.78, 5) is 6.71. The summed E-state index contributed by atoms with van der Waals surface area (Å²) in [6.45, 7) is 4.40. The molecule has 6 heteroatoms. The van der Waals surface area contributed by atoms with E-state index in [2.05, 4.69) is 22.9 Å². The molecule has 0 bridgehead atoms. The second-order valence-electron chi connectivity index (χ2n) is 9.16. The van der Waals surface area contributed by atoms with Gasteiger partial charge in [0.25, 0.3) is 5.19 Å². The average Bonchev–Trinajstić information content (AvgIpc) is 3.12. The van der Waals surface area contributed by atoms with E-state index >= 15 is 0 Å². The lowest BCUT2D eigenvalue weighted by atomic mass is 10.1. The van der Waals surface area contributed by atoms with Crippen molar-refractivity contribution in [1.29, 1.82) is 0 Å². The number of ether oxygens (including phenoxy) is 3. The first-order chi connectivity index (χ1) is 18.3. The number of benzene rings is 2. The van der Waals surface area contributed by atoms with E-state index in [1.165, 1.54) is 56.3 Å². The van der Waals surface area contributed by atoms with E-state index in [0.29, 0.717) is 11.8 Å². The molecule has 0 unspecified atom stereocenters. The lowest BCUT2D eigenvalue weighted by molar-refractivity contribution is 0.283. The van der Waals surface area contributed by atoms with Gasteiger partial charge in [0.15, 0.2) is 0 Å². The number of nitrogens with zero attached hydrogens (tertiary/aromatic N) is 2. The van der Waals surface area contributed by atoms with E-state index in [0.717, 1.165) is 47.0 Å². The van der Waals surface area contributed by atoms with Crippen molar-refractivity contribution >= 4 is 21.6 Å². The molecule has 0 atom stereocenters. The van der Waals surface area contributed by atoms with E-state index in [1.54, 1.807) is 0 Å². The number of hydrogen-bond acceptors (Lipinski definition) is 6. The van der Waals surface area contributed by atoms with Gasteiger partial charge in [0.05, 0.1) is 23.4 Å². The first kappa shape index (κ1) is 26.8. The van der Waals surface area contributed by atoms with Crippen LogP contribution >= 0.6 is 11.3 Å². The Balaban J connectivity index is 1.18. The van der Waals surface area contributed by atoms with Crippen LogP contribution in [0.2, 0.25) is 0 Å². The van der Waals surface area contributed by atoms with Crippen molar-refractivity contribution < 1.29 is 14.2 Å². The molecule has 37 heavy (non-hydrogen) atoms. The highest BCUT2D eigenvalue weighted by molar-refractivity contribution is 7.20. The van der Waals surface area contributed by atoms with Gasteiger partial charge in [0.1, 0.15) is 23.9 Å². The molecule has 0 fully saturated rings. The number of allylic oxidation sites excluding steroid dienone is 4. The van der Waals surface area contributed by atoms with Crippen LogP contribution in [0.4, 0.5) is 0 Å². The molecule has 196 valence electrons. The summed E-state index contributed by atoms with van der Waals surface area (Å²) >= 11 is 1.53. The van der Waals surface area contributed by atoms with Gasteiger partial charge in [0, 0.05) is 12.4 Å². The molecule has 5 nitrogen and oxygen atoms in total. The fourth-order valence-electron chi connectivity index (χ4n) is 4.06. The lowest BCUT2D eigenvalue weighted by Crippen LogP contribution is -2.17. The third kappa shape index (κ3) is 9.29. The molecular formula is C31H38N2O3S. The topological polar surface area (TPSA) is 43.8 Å². The van der Waals surface area contributed by atoms with Crippen molar-refractivity contribution in [2.45, 2.75) is 58.3 Å². The Labute approximate surface area is 225 Å². The van der Waals surface area contributed by atoms with Crippen LogP contribution in [-0.2, 0) is 0 Å². The van der Waals surface area contributed by atoms with Crippen molar-refractivity contribution in [3.05, 3.63) is 79.2 Å². The van der Waals surface area contributed by atoms with Gasteiger partial charge in [-0.05, 0) is 61.0 Å². The molecule has 2 heterocycles. The van der Waals surface area contributed by atoms with E-state index in [1.807, 2.05) is 73.1 Å². The van der Waals surface area contributed by atoms with Crippen molar-refractivity contribution in [2.24, 2.45) is 0 Å². The molecule has 2 aromatic carbocycles. The van der Waals surface area contributed by atoms with E-state index < -0.39 is 0 Å². The van der Waals surface area contributed by atoms with Gasteiger partial charge in [-0.25, -0.2) is 4.98 Å². The number of hydrogen-bond donors (Lipinski definition) is 0. The zero-order chi connectivity index (χ0) is 25.5. The van der Waals surface area contributed by atoms with E-state index in [9.17, 15) is 0 Å². The van der Waals surface area contributed by atoms with E-state index in [4.69, 9.17) is 14.2 Å². The molecule has 4 rings (SSSR count). The first-order valence-electron chi connectivity index (χ1n) is 13.5. The number of aromatic nitrogens is 1. The maximum absolute atomic E-state index is 6.01. The summed E-state index contributed by atoms with van der Waals surface area (Å²) in [5.41, 5.74) is 0.922. The smallest absolute Gasteiger partial charge is 0.279 e. The van der Waals surface area contributed by atoms with Gasteiger partial charge < -0.3 is 19.1 Å². The van der Waals surface area contributed by atoms with Crippen molar-refractivity contribution in [3.63, 3.8) is 0 Å². The second kappa shape index (κ2) is 15.1. The fraction of sp³-hybridized carbons (Fsp3) is 0.387. The Kier molecular flexibility index (Phi) is 10.9. The van der Waals surface area contributed by atoms with Crippen LogP contribution < -0.4 is 14.2 Å². The minimum atomic E-state index is 0.593. The molecule has 0 amide bonds. The molecule has 0 radical (unpaired) electrons. The normalized spacial score (nSPS) is 12.7. The second-order valence-corrected chi connectivity index (χ2v) is 10.2. The van der Waals surface area contributed by atoms with Crippen molar-refractivity contribution in [3.8, 4) is 22.4 Å². The van der Waals surface area contributed by atoms with Gasteiger partial charge in [-0.1, -0.05) is 75.4 Å². The van der Waals surface area contributed by atoms with Gasteiger partial charge in [-0.2, -0.15) is 0 Å². The molecule has 0 aliphatic carbocycles. The van der Waals surface area contributed by atoms with Crippen molar-refractivity contribution in [1.82, 2.24) is 9.88 Å². The molecule has 1 aliphatic rings. The summed E-state index contributed by atoms with van der Waals surface area (Å²) in [5.74, 6) is 2.45. The third-order valence-electron chi connectivity index (χ3n) is 6.14. The standard InChI is InChI=1S/C31H38N2O3S/c1-2-3-4-5-6-7-10-13-23-34-28-18-19-29-30(25-28)37-31(32-29)36-27-16-14-26(15-17-27)35-24-22-33-20-11-8-9-12-21-33/h8-9,11-12,14-21,25H,2-7,10,13,22-24H2,1H3. The number of fused-ring (bicyclic) bond motifs is 1. The Morgan fingerprint density at radius 2 is 1.35 bits per heavy atom. The Bertz CT molecular complexity index is 1150. The highest BCUT2D eigenvalue weighted by Gasteiger charge is 2.08. The van der Waals surface area contributed by atoms with Crippen molar-refractivity contribution in [2.75, 3.05) is 19.8 Å². The molecule has 0 saturated carbocycles. The molecular weight excluding hydrogens is 480 g/mol. The maximum atomic E-state index is 6.01. The summed E-state index contributed by atoms with van der Waals surface area (Å²) in [5, 5.41) is 0.622. The number of rotatable bonds is 16. The summed E-state index contributed by atoms with van der Waals surface area (Å²) in [6.07, 6.45) is 22.5. The van der Waals surface area contributed by atoms with Crippen LogP contribution in [-0.4, -0.2) is 29.6 Å². The monoisotopic (exact) mass is 518 g/mol. The fourth-order valence-corrected chi connectivity index (χ4v) is 4.93. The number of thiazole rings is 1. The molecule has 1 aliphatic heterocycles. The first-order valence-corrected chi connectivity index (χ1v) is 14.3. The molecule has 3 aromatic rings. The SMILES string of the molecule is CCCCCCCCCCOc1ccc2nc(Oc3ccc(OCCN4C=CC=CC=C4)cc3)sc2c1. The maximum Gasteiger partial charge on any atom is 0.279 e. The van der Waals surface area contributed by atoms with E-state index in [-0.39, 0.29) is 0 Å². The molecule has 0 N–H and O–H groups in total. The molecule has 1 aromatic heterocycles. The molecule has 0 spiro atoms. The van der Waals surface area contributed by atoms with Crippen LogP contribution in [0, 0.1) is 0 Å². The summed E-state index contributed by atoms with van der Waals surface area (Å²) in [6, 6.07) is 13.7. The number of unbranched alkanes of at least 4 members (excludes halogenated alkanes) is 7. The molecule has 0 saturated heterocycles. The highest BCUT2D eigenvalue weighted by atomic mass is 32.1.